The first-order valence-corrected chi connectivity index (χ1v) is 7.13. The highest BCUT2D eigenvalue weighted by Gasteiger charge is 2.50. The maximum Gasteiger partial charge on any atom is 0.240 e. The summed E-state index contributed by atoms with van der Waals surface area (Å²) in [4.78, 5) is 11.6. The molecule has 0 aromatic heterocycles. The minimum Gasteiger partial charge on any atom is -0.353 e. The maximum atomic E-state index is 11.6. The Kier molecular flexibility index (Phi) is 2.66. The first kappa shape index (κ1) is 11.4. The van der Waals surface area contributed by atoms with Crippen molar-refractivity contribution in [3.05, 3.63) is 0 Å². The van der Waals surface area contributed by atoms with Crippen LogP contribution in [0.5, 0.6) is 0 Å². The van der Waals surface area contributed by atoms with Crippen molar-refractivity contribution in [2.24, 2.45) is 5.41 Å². The number of amides is 1. The van der Waals surface area contributed by atoms with Gasteiger partial charge in [0.15, 0.2) is 9.84 Å². The van der Waals surface area contributed by atoms with E-state index in [2.05, 4.69) is 5.32 Å². The smallest absolute Gasteiger partial charge is 0.240 e. The van der Waals surface area contributed by atoms with Crippen LogP contribution >= 0.6 is 0 Å². The van der Waals surface area contributed by atoms with E-state index in [9.17, 15) is 13.2 Å². The summed E-state index contributed by atoms with van der Waals surface area (Å²) in [5.41, 5.74) is -0.859. The zero-order valence-electron chi connectivity index (χ0n) is 8.90. The second-order valence-corrected chi connectivity index (χ2v) is 6.94. The summed E-state index contributed by atoms with van der Waals surface area (Å²) in [7, 11) is -3.01. The predicted octanol–water partition coefficient (Wildman–Crippen LogP) is -0.0164. The predicted molar refractivity (Wildman–Crippen MR) is 57.1 cm³/mol. The van der Waals surface area contributed by atoms with Crippen LogP contribution in [0.25, 0.3) is 0 Å². The van der Waals surface area contributed by atoms with E-state index < -0.39 is 20.5 Å². The Morgan fingerprint density at radius 1 is 1.50 bits per heavy atom. The van der Waals surface area contributed by atoms with Crippen molar-refractivity contribution in [2.45, 2.75) is 30.9 Å². The van der Waals surface area contributed by atoms with Gasteiger partial charge in [0.25, 0.3) is 0 Å². The average Bonchev–Trinajstić information content (AvgIpc) is 2.96. The summed E-state index contributed by atoms with van der Waals surface area (Å²) in [6.45, 7) is 0.157. The van der Waals surface area contributed by atoms with Crippen LogP contribution in [-0.4, -0.2) is 31.9 Å². The Labute approximate surface area is 94.7 Å². The molecule has 16 heavy (non-hydrogen) atoms. The van der Waals surface area contributed by atoms with Gasteiger partial charge in [-0.3, -0.25) is 4.79 Å². The highest BCUT2D eigenvalue weighted by Crippen LogP contribution is 2.45. The van der Waals surface area contributed by atoms with Gasteiger partial charge in [-0.2, -0.15) is 5.26 Å². The summed E-state index contributed by atoms with van der Waals surface area (Å²) in [5, 5.41) is 10.9. The van der Waals surface area contributed by atoms with Crippen LogP contribution in [-0.2, 0) is 14.6 Å². The average molecular weight is 242 g/mol. The molecule has 1 heterocycles. The molecule has 5 nitrogen and oxygen atoms in total. The summed E-state index contributed by atoms with van der Waals surface area (Å²) < 4.78 is 23.0. The Hall–Kier alpha value is -1.09. The van der Waals surface area contributed by atoms with Crippen LogP contribution in [0, 0.1) is 16.7 Å². The third-order valence-electron chi connectivity index (χ3n) is 3.35. The highest BCUT2D eigenvalue weighted by atomic mass is 32.2. The second kappa shape index (κ2) is 3.74. The summed E-state index contributed by atoms with van der Waals surface area (Å²) in [6, 6.07) is 1.99. The number of sulfone groups is 1. The fourth-order valence-electron chi connectivity index (χ4n) is 1.98. The Morgan fingerprint density at radius 2 is 2.19 bits per heavy atom. The van der Waals surface area contributed by atoms with Gasteiger partial charge < -0.3 is 5.32 Å². The minimum absolute atomic E-state index is 0.157. The molecule has 1 aliphatic carbocycles. The maximum absolute atomic E-state index is 11.6. The molecule has 1 amide bonds. The lowest BCUT2D eigenvalue weighted by Crippen LogP contribution is -2.38. The molecular formula is C10H14N2O3S. The molecule has 1 unspecified atom stereocenters. The van der Waals surface area contributed by atoms with E-state index in [0.29, 0.717) is 25.7 Å². The van der Waals surface area contributed by atoms with E-state index in [0.717, 1.165) is 0 Å². The van der Waals surface area contributed by atoms with Crippen molar-refractivity contribution >= 4 is 15.7 Å². The van der Waals surface area contributed by atoms with Crippen molar-refractivity contribution in [3.63, 3.8) is 0 Å². The number of carbonyl (C=O) groups excluding carboxylic acids is 1. The summed E-state index contributed by atoms with van der Waals surface area (Å²) >= 11 is 0. The molecule has 2 rings (SSSR count). The lowest BCUT2D eigenvalue weighted by atomic mass is 10.1. The van der Waals surface area contributed by atoms with E-state index in [-0.39, 0.29) is 18.2 Å². The van der Waals surface area contributed by atoms with E-state index in [1.54, 1.807) is 0 Å². The number of nitrogens with one attached hydrogen (secondary N) is 1. The molecule has 1 aliphatic heterocycles. The summed E-state index contributed by atoms with van der Waals surface area (Å²) in [6.07, 6.45) is 2.47. The van der Waals surface area contributed by atoms with E-state index >= 15 is 0 Å². The number of rotatable bonds is 3. The van der Waals surface area contributed by atoms with Crippen LogP contribution in [0.2, 0.25) is 0 Å². The van der Waals surface area contributed by atoms with Crippen LogP contribution in [0.1, 0.15) is 25.7 Å². The fourth-order valence-corrected chi connectivity index (χ4v) is 3.74. The molecule has 0 bridgehead atoms. The van der Waals surface area contributed by atoms with Gasteiger partial charge >= 0.3 is 0 Å². The quantitative estimate of drug-likeness (QED) is 0.753. The molecule has 6 heteroatoms. The van der Waals surface area contributed by atoms with Gasteiger partial charge in [0.05, 0.1) is 17.1 Å². The first-order valence-electron chi connectivity index (χ1n) is 5.41. The zero-order valence-corrected chi connectivity index (χ0v) is 9.72. The van der Waals surface area contributed by atoms with Gasteiger partial charge in [-0.15, -0.1) is 0 Å². The summed E-state index contributed by atoms with van der Waals surface area (Å²) in [5.74, 6) is -0.0891. The van der Waals surface area contributed by atoms with Crippen molar-refractivity contribution in [1.29, 1.82) is 5.26 Å². The Balaban J connectivity index is 1.89. The monoisotopic (exact) mass is 242 g/mol. The number of nitriles is 1. The van der Waals surface area contributed by atoms with Crippen LogP contribution in [0.4, 0.5) is 0 Å². The number of carbonyl (C=O) groups is 1. The number of hydrogen-bond acceptors (Lipinski definition) is 4. The lowest BCUT2D eigenvalue weighted by Gasteiger charge is -2.12. The van der Waals surface area contributed by atoms with Gasteiger partial charge in [-0.05, 0) is 25.7 Å². The number of hydrogen-bond donors (Lipinski definition) is 1. The lowest BCUT2D eigenvalue weighted by molar-refractivity contribution is -0.124. The molecule has 1 N–H and O–H groups in total. The molecule has 2 aliphatic rings. The highest BCUT2D eigenvalue weighted by molar-refractivity contribution is 7.92. The van der Waals surface area contributed by atoms with Gasteiger partial charge in [-0.1, -0.05) is 0 Å². The molecule has 1 atom stereocenters. The van der Waals surface area contributed by atoms with Gasteiger partial charge in [-0.25, -0.2) is 8.42 Å². The molecule has 0 aromatic rings. The van der Waals surface area contributed by atoms with Crippen molar-refractivity contribution in [3.8, 4) is 6.07 Å². The third kappa shape index (κ3) is 1.92. The number of nitrogens with zero attached hydrogens (tertiary/aromatic N) is 1. The molecule has 0 aromatic carbocycles. The van der Waals surface area contributed by atoms with Gasteiger partial charge in [0.1, 0.15) is 5.41 Å². The van der Waals surface area contributed by atoms with Crippen molar-refractivity contribution < 1.29 is 13.2 Å². The van der Waals surface area contributed by atoms with E-state index in [4.69, 9.17) is 5.26 Å². The molecule has 2 fully saturated rings. The molecule has 0 radical (unpaired) electrons. The minimum atomic E-state index is -3.01. The van der Waals surface area contributed by atoms with Crippen LogP contribution in [0.15, 0.2) is 0 Å². The second-order valence-electron chi connectivity index (χ2n) is 4.54. The molecular weight excluding hydrogens is 228 g/mol. The van der Waals surface area contributed by atoms with Gasteiger partial charge in [0.2, 0.25) is 5.91 Å². The SMILES string of the molecule is N#CC1(C(=O)NCC2CCCS2(=O)=O)CC1. The van der Waals surface area contributed by atoms with E-state index in [1.807, 2.05) is 6.07 Å². The van der Waals surface area contributed by atoms with Crippen LogP contribution in [0.3, 0.4) is 0 Å². The topological polar surface area (TPSA) is 87.0 Å². The first-order chi connectivity index (χ1) is 7.50. The van der Waals surface area contributed by atoms with Gasteiger partial charge in [0, 0.05) is 6.54 Å². The Bertz CT molecular complexity index is 445. The third-order valence-corrected chi connectivity index (χ3v) is 5.63. The van der Waals surface area contributed by atoms with Crippen molar-refractivity contribution in [1.82, 2.24) is 5.32 Å². The standard InChI is InChI=1S/C10H14N2O3S/c11-7-10(3-4-10)9(13)12-6-8-2-1-5-16(8,14)15/h8H,1-6H2,(H,12,13). The molecule has 1 saturated carbocycles. The molecule has 0 spiro atoms. The molecule has 88 valence electrons. The van der Waals surface area contributed by atoms with E-state index in [1.165, 1.54) is 0 Å². The fraction of sp³-hybridized carbons (Fsp3) is 0.800. The Morgan fingerprint density at radius 3 is 2.62 bits per heavy atom. The zero-order chi connectivity index (χ0) is 11.8. The van der Waals surface area contributed by atoms with Crippen LogP contribution < -0.4 is 5.32 Å². The largest absolute Gasteiger partial charge is 0.353 e. The normalized spacial score (nSPS) is 29.3. The van der Waals surface area contributed by atoms with Crippen molar-refractivity contribution in [2.75, 3.05) is 12.3 Å². The molecule has 1 saturated heterocycles.